The zero-order valence-electron chi connectivity index (χ0n) is 30.2. The summed E-state index contributed by atoms with van der Waals surface area (Å²) >= 11 is 0. The Bertz CT molecular complexity index is 1770. The zero-order valence-corrected chi connectivity index (χ0v) is 31.2. The Hall–Kier alpha value is -4.81. The van der Waals surface area contributed by atoms with Gasteiger partial charge in [-0.2, -0.15) is 0 Å². The van der Waals surface area contributed by atoms with Crippen molar-refractivity contribution < 1.29 is 9.47 Å². The molecule has 5 aromatic carbocycles. The number of unbranched alkanes of at least 4 members (excludes halogenated alkanes) is 4. The van der Waals surface area contributed by atoms with Crippen molar-refractivity contribution in [1.82, 2.24) is 9.55 Å². The zero-order chi connectivity index (χ0) is 35.1. The highest BCUT2D eigenvalue weighted by molar-refractivity contribution is 7.10. The summed E-state index contributed by atoms with van der Waals surface area (Å²) in [7, 11) is -0.383. The van der Waals surface area contributed by atoms with Crippen LogP contribution in [0, 0.1) is 0 Å². The van der Waals surface area contributed by atoms with Crippen LogP contribution in [0.15, 0.2) is 152 Å². The Morgan fingerprint density at radius 1 is 0.569 bits per heavy atom. The molecule has 51 heavy (non-hydrogen) atoms. The molecule has 0 bridgehead atoms. The topological polar surface area (TPSA) is 36.3 Å². The van der Waals surface area contributed by atoms with Crippen molar-refractivity contribution in [1.29, 1.82) is 0 Å². The van der Waals surface area contributed by atoms with Gasteiger partial charge in [0.25, 0.3) is 0 Å². The molecule has 1 aromatic heterocycles. The van der Waals surface area contributed by atoms with Crippen LogP contribution in [0.25, 0.3) is 0 Å². The van der Waals surface area contributed by atoms with Crippen LogP contribution in [0.1, 0.15) is 69.3 Å². The van der Waals surface area contributed by atoms with Crippen LogP contribution < -0.4 is 30.8 Å². The average molecular weight is 690 g/mol. The van der Waals surface area contributed by atoms with E-state index in [-0.39, 0.29) is 5.82 Å². The summed E-state index contributed by atoms with van der Waals surface area (Å²) in [5.41, 5.74) is 3.45. The first kappa shape index (κ1) is 36.0. The van der Waals surface area contributed by atoms with Crippen LogP contribution in [0.5, 0.6) is 11.5 Å². The summed E-state index contributed by atoms with van der Waals surface area (Å²) in [4.78, 5) is 4.99. The van der Waals surface area contributed by atoms with Gasteiger partial charge in [-0.1, -0.05) is 155 Å². The number of hydrogen-bond acceptors (Lipinski definition) is 3. The van der Waals surface area contributed by atoms with Gasteiger partial charge >= 0.3 is 0 Å². The summed E-state index contributed by atoms with van der Waals surface area (Å²) in [6, 6.07) is 50.5. The lowest BCUT2D eigenvalue weighted by atomic mass is 9.58. The Balaban J connectivity index is 1.42. The molecular weight excluding hydrogens is 639 g/mol. The minimum atomic E-state index is -2.71. The third-order valence-corrected chi connectivity index (χ3v) is 14.6. The lowest BCUT2D eigenvalue weighted by Crippen LogP contribution is -2.70. The van der Waals surface area contributed by atoms with Gasteiger partial charge in [-0.3, -0.25) is 4.98 Å². The van der Waals surface area contributed by atoms with Crippen LogP contribution in [-0.4, -0.2) is 38.1 Å². The quantitative estimate of drug-likeness (QED) is 0.0494. The first-order valence-corrected chi connectivity index (χ1v) is 20.9. The second-order valence-electron chi connectivity index (χ2n) is 13.3. The van der Waals surface area contributed by atoms with E-state index in [0.29, 0.717) is 0 Å². The van der Waals surface area contributed by atoms with Gasteiger partial charge in [-0.15, -0.1) is 0 Å². The molecule has 1 heterocycles. The number of nitrogens with zero attached hydrogens (tertiary/aromatic N) is 2. The fourth-order valence-corrected chi connectivity index (χ4v) is 11.5. The molecule has 0 saturated carbocycles. The Morgan fingerprint density at radius 3 is 1.49 bits per heavy atom. The molecule has 0 fully saturated rings. The minimum Gasteiger partial charge on any atom is -0.494 e. The summed E-state index contributed by atoms with van der Waals surface area (Å²) in [5, 5.41) is 4.00. The predicted molar refractivity (Wildman–Crippen MR) is 216 cm³/mol. The van der Waals surface area contributed by atoms with Crippen molar-refractivity contribution >= 4 is 36.6 Å². The molecule has 0 spiro atoms. The summed E-state index contributed by atoms with van der Waals surface area (Å²) < 4.78 is 14.8. The average Bonchev–Trinajstić information content (AvgIpc) is 3.64. The molecule has 4 nitrogen and oxygen atoms in total. The maximum absolute atomic E-state index is 6.19. The van der Waals surface area contributed by atoms with Crippen molar-refractivity contribution in [3.05, 3.63) is 163 Å². The molecule has 0 amide bonds. The lowest BCUT2D eigenvalue weighted by molar-refractivity contribution is 0.306. The molecule has 0 aliphatic carbocycles. The van der Waals surface area contributed by atoms with Crippen molar-refractivity contribution in [2.75, 3.05) is 13.2 Å². The molecule has 259 valence electrons. The Kier molecular flexibility index (Phi) is 13.0. The fourth-order valence-electron chi connectivity index (χ4n) is 6.98. The van der Waals surface area contributed by atoms with E-state index in [0.717, 1.165) is 49.4 Å². The number of aromatic nitrogens is 2. The highest BCUT2D eigenvalue weighted by Gasteiger charge is 2.40. The largest absolute Gasteiger partial charge is 0.494 e. The van der Waals surface area contributed by atoms with E-state index in [9.17, 15) is 0 Å². The van der Waals surface area contributed by atoms with Crippen molar-refractivity contribution in [3.8, 4) is 11.5 Å². The van der Waals surface area contributed by atoms with E-state index < -0.39 is 8.07 Å². The maximum Gasteiger partial charge on any atom is 0.215 e. The highest BCUT2D eigenvalue weighted by Crippen LogP contribution is 2.24. The van der Waals surface area contributed by atoms with Crippen molar-refractivity contribution in [2.24, 2.45) is 0 Å². The molecule has 1 radical (unpaired) electrons. The molecule has 0 atom stereocenters. The monoisotopic (exact) mass is 689 g/mol. The SMILES string of the molecule is CCCCCOc1ccc([Si](Cn2ccnc2[B]C(c2ccccc2)c2ccccc2)(c2ccccc2)c2ccc(OCCCCC)cc2)cc1. The third kappa shape index (κ3) is 9.11. The maximum atomic E-state index is 6.19. The summed E-state index contributed by atoms with van der Waals surface area (Å²) in [6.45, 7) is 5.93. The second-order valence-corrected chi connectivity index (χ2v) is 17.2. The molecule has 6 rings (SSSR count). The van der Waals surface area contributed by atoms with E-state index in [1.54, 1.807) is 0 Å². The first-order chi connectivity index (χ1) is 25.2. The summed E-state index contributed by atoms with van der Waals surface area (Å²) in [6.07, 6.45) is 11.7. The van der Waals surface area contributed by atoms with E-state index >= 15 is 0 Å². The molecule has 6 heteroatoms. The first-order valence-electron chi connectivity index (χ1n) is 18.7. The highest BCUT2D eigenvalue weighted by atomic mass is 28.3. The van der Waals surface area contributed by atoms with Crippen LogP contribution in [0.3, 0.4) is 0 Å². The van der Waals surface area contributed by atoms with E-state index in [2.05, 4.69) is 171 Å². The molecule has 0 saturated heterocycles. The van der Waals surface area contributed by atoms with Crippen molar-refractivity contribution in [3.63, 3.8) is 0 Å². The number of benzene rings is 5. The van der Waals surface area contributed by atoms with Gasteiger partial charge in [0, 0.05) is 18.6 Å². The molecular formula is C45H50BN2O2Si. The van der Waals surface area contributed by atoms with Gasteiger partial charge in [-0.25, -0.2) is 0 Å². The normalized spacial score (nSPS) is 11.4. The molecule has 0 N–H and O–H groups in total. The molecule has 6 aromatic rings. The number of rotatable bonds is 19. The van der Waals surface area contributed by atoms with E-state index in [1.807, 2.05) is 6.20 Å². The molecule has 0 aliphatic rings. The van der Waals surface area contributed by atoms with Gasteiger partial charge in [0.15, 0.2) is 8.07 Å². The van der Waals surface area contributed by atoms with Gasteiger partial charge in [-0.05, 0) is 69.6 Å². The van der Waals surface area contributed by atoms with Crippen LogP contribution in [0.2, 0.25) is 0 Å². The van der Waals surface area contributed by atoms with Crippen LogP contribution in [0.4, 0.5) is 0 Å². The van der Waals surface area contributed by atoms with E-state index in [4.69, 9.17) is 14.5 Å². The van der Waals surface area contributed by atoms with Crippen LogP contribution >= 0.6 is 0 Å². The van der Waals surface area contributed by atoms with Gasteiger partial charge < -0.3 is 14.0 Å². The smallest absolute Gasteiger partial charge is 0.215 e. The number of imidazole rings is 1. The lowest BCUT2D eigenvalue weighted by Gasteiger charge is -2.35. The van der Waals surface area contributed by atoms with Crippen molar-refractivity contribution in [2.45, 2.75) is 64.4 Å². The molecule has 0 unspecified atom stereocenters. The van der Waals surface area contributed by atoms with E-state index in [1.165, 1.54) is 52.4 Å². The van der Waals surface area contributed by atoms with Crippen LogP contribution in [-0.2, 0) is 6.17 Å². The third-order valence-electron chi connectivity index (χ3n) is 9.78. The predicted octanol–water partition coefficient (Wildman–Crippen LogP) is 7.85. The van der Waals surface area contributed by atoms with Gasteiger partial charge in [0.1, 0.15) is 11.5 Å². The second kappa shape index (κ2) is 18.4. The number of hydrogen-bond donors (Lipinski definition) is 0. The Morgan fingerprint density at radius 2 is 1.02 bits per heavy atom. The molecule has 0 aliphatic heterocycles. The van der Waals surface area contributed by atoms with Gasteiger partial charge in [0.2, 0.25) is 7.28 Å². The number of ether oxygens (including phenoxy) is 2. The summed E-state index contributed by atoms with van der Waals surface area (Å²) in [5.74, 6) is 1.91. The van der Waals surface area contributed by atoms with Gasteiger partial charge in [0.05, 0.1) is 18.9 Å². The Labute approximate surface area is 306 Å². The minimum absolute atomic E-state index is 0.0645. The fraction of sp³-hybridized carbons (Fsp3) is 0.267. The standard InChI is InChI=1S/C45H50BN2O2Si/c1-3-5-16-34-49-39-24-28-42(29-25-39)51(41-22-14-9-15-23-41,43-30-26-40(27-31-43)50-35-17-6-4-2)36-48-33-32-47-45(48)46-44(37-18-10-7-11-19-37)38-20-12-8-13-21-38/h7-15,18-33,44H,3-6,16-17,34-36H2,1-2H3.